The van der Waals surface area contributed by atoms with Gasteiger partial charge >= 0.3 is 6.18 Å². The topological polar surface area (TPSA) is 12.0 Å². The second kappa shape index (κ2) is 1.58. The Balaban J connectivity index is 2.04. The van der Waals surface area contributed by atoms with Crippen molar-refractivity contribution in [1.29, 1.82) is 0 Å². The van der Waals surface area contributed by atoms with Crippen molar-refractivity contribution in [3.8, 4) is 0 Å². The van der Waals surface area contributed by atoms with Crippen LogP contribution in [-0.2, 0) is 0 Å². The lowest BCUT2D eigenvalue weighted by Crippen LogP contribution is -2.77. The van der Waals surface area contributed by atoms with Crippen molar-refractivity contribution in [3.05, 3.63) is 0 Å². The highest BCUT2D eigenvalue weighted by atomic mass is 19.4. The summed E-state index contributed by atoms with van der Waals surface area (Å²) in [4.78, 5) is 0. The Hall–Kier alpha value is -0.250. The smallest absolute Gasteiger partial charge is 0.314 e. The highest BCUT2D eigenvalue weighted by molar-refractivity contribution is 5.25. The first-order chi connectivity index (χ1) is 4.93. The zero-order valence-corrected chi connectivity index (χ0v) is 6.26. The zero-order chi connectivity index (χ0) is 8.33. The Morgan fingerprint density at radius 3 is 1.91 bits per heavy atom. The van der Waals surface area contributed by atoms with Gasteiger partial charge in [-0.3, -0.25) is 0 Å². The minimum atomic E-state index is -3.97. The number of nitrogens with one attached hydrogen (secondary N) is 1. The van der Waals surface area contributed by atoms with Gasteiger partial charge in [0, 0.05) is 5.54 Å². The van der Waals surface area contributed by atoms with E-state index in [1.807, 2.05) is 0 Å². The molecule has 0 heterocycles. The van der Waals surface area contributed by atoms with E-state index in [2.05, 4.69) is 5.32 Å². The number of alkyl halides is 3. The van der Waals surface area contributed by atoms with Crippen molar-refractivity contribution in [2.45, 2.75) is 31.0 Å². The largest absolute Gasteiger partial charge is 0.394 e. The summed E-state index contributed by atoms with van der Waals surface area (Å²) in [6, 6.07) is 0. The fraction of sp³-hybridized carbons (Fsp3) is 1.00. The van der Waals surface area contributed by atoms with E-state index in [4.69, 9.17) is 0 Å². The molecule has 11 heavy (non-hydrogen) atoms. The van der Waals surface area contributed by atoms with Gasteiger partial charge in [-0.15, -0.1) is 0 Å². The zero-order valence-electron chi connectivity index (χ0n) is 6.26. The minimum Gasteiger partial charge on any atom is -0.314 e. The standard InChI is InChI=1S/C7H10F3N/c1-11-6-2-5(3-6,4-6)7(8,9)10/h11H,2-4H2,1H3. The third-order valence-corrected chi connectivity index (χ3v) is 3.16. The van der Waals surface area contributed by atoms with Crippen LogP contribution in [0.4, 0.5) is 13.2 Å². The first-order valence-corrected chi connectivity index (χ1v) is 3.69. The molecule has 1 nitrogen and oxygen atoms in total. The number of rotatable bonds is 1. The van der Waals surface area contributed by atoms with Gasteiger partial charge in [-0.1, -0.05) is 0 Å². The second-order valence-corrected chi connectivity index (χ2v) is 3.84. The molecule has 0 saturated heterocycles. The molecule has 3 saturated carbocycles. The van der Waals surface area contributed by atoms with E-state index < -0.39 is 11.6 Å². The molecule has 0 amide bonds. The number of halogens is 3. The first kappa shape index (κ1) is 7.40. The lowest BCUT2D eigenvalue weighted by atomic mass is 9.39. The Bertz CT molecular complexity index is 177. The van der Waals surface area contributed by atoms with E-state index >= 15 is 0 Å². The van der Waals surface area contributed by atoms with Gasteiger partial charge in [-0.2, -0.15) is 13.2 Å². The maximum absolute atomic E-state index is 12.2. The Morgan fingerprint density at radius 2 is 1.64 bits per heavy atom. The Labute approximate surface area is 63.0 Å². The molecule has 0 aromatic heterocycles. The molecule has 0 aromatic rings. The fourth-order valence-corrected chi connectivity index (χ4v) is 2.35. The van der Waals surface area contributed by atoms with Crippen molar-refractivity contribution in [1.82, 2.24) is 5.32 Å². The van der Waals surface area contributed by atoms with Gasteiger partial charge in [0.1, 0.15) is 0 Å². The lowest BCUT2D eigenvalue weighted by Gasteiger charge is -2.70. The highest BCUT2D eigenvalue weighted by Crippen LogP contribution is 2.73. The molecule has 3 rings (SSSR count). The summed E-state index contributed by atoms with van der Waals surface area (Å²) in [5.41, 5.74) is -1.44. The van der Waals surface area contributed by atoms with Crippen LogP contribution in [0.15, 0.2) is 0 Å². The minimum absolute atomic E-state index is 0.143. The highest BCUT2D eigenvalue weighted by Gasteiger charge is 2.77. The summed E-state index contributed by atoms with van der Waals surface area (Å²) < 4.78 is 36.6. The molecule has 64 valence electrons. The molecular weight excluding hydrogens is 155 g/mol. The average Bonchev–Trinajstić information content (AvgIpc) is 1.53. The fourth-order valence-electron chi connectivity index (χ4n) is 2.35. The van der Waals surface area contributed by atoms with Crippen LogP contribution in [0.3, 0.4) is 0 Å². The van der Waals surface area contributed by atoms with Crippen LogP contribution in [0.5, 0.6) is 0 Å². The summed E-state index contributed by atoms with van der Waals surface area (Å²) in [5, 5.41) is 2.94. The summed E-state index contributed by atoms with van der Waals surface area (Å²) >= 11 is 0. The van der Waals surface area contributed by atoms with E-state index in [1.54, 1.807) is 7.05 Å². The molecule has 1 N–H and O–H groups in total. The van der Waals surface area contributed by atoms with E-state index in [1.165, 1.54) is 0 Å². The molecule has 0 unspecified atom stereocenters. The summed E-state index contributed by atoms with van der Waals surface area (Å²) in [6.07, 6.45) is -3.09. The lowest BCUT2D eigenvalue weighted by molar-refractivity contribution is -0.338. The van der Waals surface area contributed by atoms with Gasteiger partial charge in [0.2, 0.25) is 0 Å². The second-order valence-electron chi connectivity index (χ2n) is 3.84. The van der Waals surface area contributed by atoms with Crippen molar-refractivity contribution >= 4 is 0 Å². The van der Waals surface area contributed by atoms with Gasteiger partial charge < -0.3 is 5.32 Å². The average molecular weight is 165 g/mol. The third kappa shape index (κ3) is 0.662. The molecular formula is C7H10F3N. The summed E-state index contributed by atoms with van der Waals surface area (Å²) in [7, 11) is 1.74. The van der Waals surface area contributed by atoms with Gasteiger partial charge in [0.25, 0.3) is 0 Å². The molecule has 4 heteroatoms. The monoisotopic (exact) mass is 165 g/mol. The predicted octanol–water partition coefficient (Wildman–Crippen LogP) is 1.69. The van der Waals surface area contributed by atoms with Gasteiger partial charge in [0.05, 0.1) is 5.41 Å². The van der Waals surface area contributed by atoms with Crippen LogP contribution in [0.25, 0.3) is 0 Å². The van der Waals surface area contributed by atoms with E-state index in [9.17, 15) is 13.2 Å². The SMILES string of the molecule is CNC12CC(C(F)(F)F)(C1)C2. The van der Waals surface area contributed by atoms with Crippen LogP contribution < -0.4 is 5.32 Å². The van der Waals surface area contributed by atoms with Crippen molar-refractivity contribution in [2.24, 2.45) is 5.41 Å². The number of hydrogen-bond donors (Lipinski definition) is 1. The Kier molecular flexibility index (Phi) is 1.06. The molecule has 0 aromatic carbocycles. The van der Waals surface area contributed by atoms with E-state index in [0.29, 0.717) is 19.3 Å². The normalized spacial score (nSPS) is 48.0. The van der Waals surface area contributed by atoms with Gasteiger partial charge in [-0.25, -0.2) is 0 Å². The Morgan fingerprint density at radius 1 is 1.18 bits per heavy atom. The van der Waals surface area contributed by atoms with Crippen LogP contribution in [0.2, 0.25) is 0 Å². The van der Waals surface area contributed by atoms with Crippen LogP contribution in [-0.4, -0.2) is 18.8 Å². The predicted molar refractivity (Wildman–Crippen MR) is 34.1 cm³/mol. The first-order valence-electron chi connectivity index (χ1n) is 3.69. The molecule has 3 aliphatic rings. The molecule has 3 fully saturated rings. The van der Waals surface area contributed by atoms with Crippen molar-refractivity contribution in [3.63, 3.8) is 0 Å². The molecule has 0 aliphatic heterocycles. The maximum Gasteiger partial charge on any atom is 0.394 e. The van der Waals surface area contributed by atoms with Crippen molar-refractivity contribution < 1.29 is 13.2 Å². The van der Waals surface area contributed by atoms with Crippen LogP contribution >= 0.6 is 0 Å². The van der Waals surface area contributed by atoms with Crippen LogP contribution in [0.1, 0.15) is 19.3 Å². The number of hydrogen-bond acceptors (Lipinski definition) is 1. The summed E-state index contributed by atoms with van der Waals surface area (Å²) in [5.74, 6) is 0. The molecule has 0 spiro atoms. The molecule has 2 bridgehead atoms. The van der Waals surface area contributed by atoms with E-state index in [0.717, 1.165) is 0 Å². The van der Waals surface area contributed by atoms with Gasteiger partial charge in [-0.05, 0) is 26.3 Å². The van der Waals surface area contributed by atoms with Crippen LogP contribution in [0, 0.1) is 5.41 Å². The molecule has 3 aliphatic carbocycles. The van der Waals surface area contributed by atoms with E-state index in [-0.39, 0.29) is 5.54 Å². The van der Waals surface area contributed by atoms with Gasteiger partial charge in [0.15, 0.2) is 0 Å². The maximum atomic E-state index is 12.2. The molecule has 0 radical (unpaired) electrons. The quantitative estimate of drug-likeness (QED) is 0.623. The summed E-state index contributed by atoms with van der Waals surface area (Å²) in [6.45, 7) is 0. The molecule has 0 atom stereocenters. The third-order valence-electron chi connectivity index (χ3n) is 3.16. The van der Waals surface area contributed by atoms with Crippen molar-refractivity contribution in [2.75, 3.05) is 7.05 Å².